The van der Waals surface area contributed by atoms with Crippen LogP contribution in [0.2, 0.25) is 0 Å². The first-order valence-corrected chi connectivity index (χ1v) is 10.4. The number of amides is 2. The van der Waals surface area contributed by atoms with E-state index in [0.717, 1.165) is 24.2 Å². The number of nitrogens with two attached hydrogens (primary N) is 1. The summed E-state index contributed by atoms with van der Waals surface area (Å²) >= 11 is 0. The molecule has 2 heterocycles. The molecule has 0 spiro atoms. The van der Waals surface area contributed by atoms with E-state index in [1.165, 1.54) is 6.08 Å². The zero-order valence-corrected chi connectivity index (χ0v) is 17.6. The van der Waals surface area contributed by atoms with Gasteiger partial charge in [-0.2, -0.15) is 5.10 Å². The lowest BCUT2D eigenvalue weighted by atomic mass is 10.0. The molecule has 0 unspecified atom stereocenters. The van der Waals surface area contributed by atoms with E-state index in [4.69, 9.17) is 10.5 Å². The molecule has 8 nitrogen and oxygen atoms in total. The lowest BCUT2D eigenvalue weighted by molar-refractivity contribution is -0.127. The van der Waals surface area contributed by atoms with Gasteiger partial charge in [0, 0.05) is 24.7 Å². The maximum Gasteiger partial charge on any atom is 0.257 e. The summed E-state index contributed by atoms with van der Waals surface area (Å²) in [5.41, 5.74) is 7.51. The number of hydrogen-bond acceptors (Lipinski definition) is 5. The van der Waals surface area contributed by atoms with Gasteiger partial charge in [-0.15, -0.1) is 0 Å². The third kappa shape index (κ3) is 4.64. The number of anilines is 1. The minimum Gasteiger partial charge on any atom is -0.457 e. The number of likely N-dealkylation sites (tertiary alicyclic amines) is 1. The smallest absolute Gasteiger partial charge is 0.257 e. The molecule has 1 saturated heterocycles. The Morgan fingerprint density at radius 1 is 1.16 bits per heavy atom. The number of benzene rings is 2. The Balaban J connectivity index is 1.48. The fraction of sp³-hybridized carbons (Fsp3) is 0.208. The number of aromatic amines is 1. The highest BCUT2D eigenvalue weighted by atomic mass is 16.5. The van der Waals surface area contributed by atoms with Crippen molar-refractivity contribution in [2.45, 2.75) is 18.9 Å². The van der Waals surface area contributed by atoms with Crippen molar-refractivity contribution in [2.24, 2.45) is 0 Å². The Kier molecular flexibility index (Phi) is 6.21. The lowest BCUT2D eigenvalue weighted by Gasteiger charge is -2.32. The number of nitrogens with one attached hydrogen (secondary N) is 2. The molecule has 32 heavy (non-hydrogen) atoms. The second kappa shape index (κ2) is 9.38. The van der Waals surface area contributed by atoms with Crippen LogP contribution in [0.4, 0.5) is 5.82 Å². The first-order valence-electron chi connectivity index (χ1n) is 10.4. The summed E-state index contributed by atoms with van der Waals surface area (Å²) in [6.45, 7) is 4.63. The number of nitrogen functional groups attached to an aromatic ring is 1. The van der Waals surface area contributed by atoms with Crippen LogP contribution in [0.25, 0.3) is 11.3 Å². The van der Waals surface area contributed by atoms with Crippen molar-refractivity contribution in [2.75, 3.05) is 18.8 Å². The predicted octanol–water partition coefficient (Wildman–Crippen LogP) is 3.36. The maximum atomic E-state index is 13.0. The molecule has 1 aromatic heterocycles. The summed E-state index contributed by atoms with van der Waals surface area (Å²) in [5.74, 6) is 1.14. The highest BCUT2D eigenvalue weighted by Crippen LogP contribution is 2.29. The number of carbonyl (C=O) groups excluding carboxylic acids is 2. The number of nitrogens with zero attached hydrogens (tertiary/aromatic N) is 2. The summed E-state index contributed by atoms with van der Waals surface area (Å²) < 4.78 is 5.82. The van der Waals surface area contributed by atoms with Gasteiger partial charge >= 0.3 is 0 Å². The molecule has 2 aromatic carbocycles. The summed E-state index contributed by atoms with van der Waals surface area (Å²) in [7, 11) is 0. The van der Waals surface area contributed by atoms with Crippen LogP contribution in [-0.4, -0.2) is 46.0 Å². The summed E-state index contributed by atoms with van der Waals surface area (Å²) in [5, 5.41) is 9.94. The van der Waals surface area contributed by atoms with Crippen LogP contribution in [0.3, 0.4) is 0 Å². The fourth-order valence-corrected chi connectivity index (χ4v) is 3.78. The van der Waals surface area contributed by atoms with Crippen molar-refractivity contribution in [1.82, 2.24) is 20.4 Å². The number of aromatic nitrogens is 2. The van der Waals surface area contributed by atoms with E-state index < -0.39 is 0 Å². The molecule has 4 rings (SSSR count). The van der Waals surface area contributed by atoms with E-state index >= 15 is 0 Å². The summed E-state index contributed by atoms with van der Waals surface area (Å²) in [6.07, 6.45) is 2.88. The molecule has 1 aliphatic heterocycles. The van der Waals surface area contributed by atoms with Gasteiger partial charge in [0.2, 0.25) is 5.91 Å². The van der Waals surface area contributed by atoms with Crippen LogP contribution in [0.15, 0.2) is 67.3 Å². The van der Waals surface area contributed by atoms with E-state index in [1.807, 2.05) is 54.6 Å². The van der Waals surface area contributed by atoms with E-state index in [0.29, 0.717) is 24.5 Å². The third-order valence-electron chi connectivity index (χ3n) is 5.37. The molecule has 1 fully saturated rings. The number of H-pyrrole nitrogens is 1. The van der Waals surface area contributed by atoms with Gasteiger partial charge in [0.15, 0.2) is 0 Å². The normalized spacial score (nSPS) is 15.8. The fourth-order valence-electron chi connectivity index (χ4n) is 3.78. The monoisotopic (exact) mass is 431 g/mol. The Labute approximate surface area is 186 Å². The molecule has 0 radical (unpaired) electrons. The van der Waals surface area contributed by atoms with Crippen LogP contribution in [0, 0.1) is 0 Å². The highest BCUT2D eigenvalue weighted by Gasteiger charge is 2.27. The number of rotatable bonds is 6. The van der Waals surface area contributed by atoms with Crippen molar-refractivity contribution in [3.63, 3.8) is 0 Å². The first-order chi connectivity index (χ1) is 15.5. The van der Waals surface area contributed by atoms with Gasteiger partial charge in [-0.3, -0.25) is 14.7 Å². The van der Waals surface area contributed by atoms with Crippen LogP contribution >= 0.6 is 0 Å². The van der Waals surface area contributed by atoms with Crippen molar-refractivity contribution >= 4 is 17.6 Å². The Morgan fingerprint density at radius 2 is 1.88 bits per heavy atom. The largest absolute Gasteiger partial charge is 0.457 e. The van der Waals surface area contributed by atoms with Gasteiger partial charge in [-0.05, 0) is 55.3 Å². The van der Waals surface area contributed by atoms with Crippen LogP contribution in [0.5, 0.6) is 11.5 Å². The molecule has 0 saturated carbocycles. The average Bonchev–Trinajstić information content (AvgIpc) is 3.21. The number of para-hydroxylation sites is 1. The highest BCUT2D eigenvalue weighted by molar-refractivity contribution is 6.04. The van der Waals surface area contributed by atoms with Gasteiger partial charge < -0.3 is 20.7 Å². The molecule has 8 heteroatoms. The molecule has 3 aromatic rings. The van der Waals surface area contributed by atoms with E-state index in [1.54, 1.807) is 4.90 Å². The predicted molar refractivity (Wildman–Crippen MR) is 122 cm³/mol. The van der Waals surface area contributed by atoms with Gasteiger partial charge in [-0.1, -0.05) is 24.8 Å². The van der Waals surface area contributed by atoms with Gasteiger partial charge in [-0.25, -0.2) is 0 Å². The van der Waals surface area contributed by atoms with Crippen molar-refractivity contribution in [3.8, 4) is 22.8 Å². The minimum absolute atomic E-state index is 0.134. The molecule has 0 aliphatic carbocycles. The Morgan fingerprint density at radius 3 is 2.59 bits per heavy atom. The first kappa shape index (κ1) is 21.2. The van der Waals surface area contributed by atoms with Crippen molar-refractivity contribution in [3.05, 3.63) is 72.8 Å². The van der Waals surface area contributed by atoms with Crippen molar-refractivity contribution < 1.29 is 14.3 Å². The van der Waals surface area contributed by atoms with Crippen LogP contribution in [0.1, 0.15) is 23.2 Å². The molecular formula is C24H25N5O3. The zero-order chi connectivity index (χ0) is 22.5. The molecule has 1 aliphatic rings. The summed E-state index contributed by atoms with van der Waals surface area (Å²) in [6, 6.07) is 16.6. The lowest BCUT2D eigenvalue weighted by Crippen LogP contribution is -2.49. The van der Waals surface area contributed by atoms with E-state index in [2.05, 4.69) is 22.1 Å². The molecular weight excluding hydrogens is 406 g/mol. The molecule has 4 N–H and O–H groups in total. The Bertz CT molecular complexity index is 1110. The number of ether oxygens (including phenoxy) is 1. The summed E-state index contributed by atoms with van der Waals surface area (Å²) in [4.78, 5) is 26.6. The SMILES string of the molecule is C=CC(=O)N1CCC[C@@H](NC(=O)c2c(-c3ccc(Oc4ccccc4)cc3)n[nH]c2N)C1. The van der Waals surface area contributed by atoms with Crippen LogP contribution in [-0.2, 0) is 4.79 Å². The van der Waals surface area contributed by atoms with E-state index in [-0.39, 0.29) is 29.2 Å². The van der Waals surface area contributed by atoms with E-state index in [9.17, 15) is 9.59 Å². The minimum atomic E-state index is -0.325. The third-order valence-corrected chi connectivity index (χ3v) is 5.37. The Hall–Kier alpha value is -4.07. The van der Waals surface area contributed by atoms with Crippen LogP contribution < -0.4 is 15.8 Å². The number of piperidine rings is 1. The van der Waals surface area contributed by atoms with Gasteiger partial charge in [0.25, 0.3) is 5.91 Å². The van der Waals surface area contributed by atoms with Gasteiger partial charge in [0.05, 0.1) is 0 Å². The number of carbonyl (C=O) groups is 2. The molecule has 0 bridgehead atoms. The van der Waals surface area contributed by atoms with Crippen molar-refractivity contribution in [1.29, 1.82) is 0 Å². The maximum absolute atomic E-state index is 13.0. The molecule has 164 valence electrons. The molecule has 1 atom stereocenters. The molecule has 2 amide bonds. The topological polar surface area (TPSA) is 113 Å². The zero-order valence-electron chi connectivity index (χ0n) is 17.6. The number of hydrogen-bond donors (Lipinski definition) is 3. The average molecular weight is 431 g/mol. The second-order valence-corrected chi connectivity index (χ2v) is 7.60. The standard InChI is InChI=1S/C24H25N5O3/c1-2-20(30)29-14-6-7-17(15-29)26-24(31)21-22(27-28-23(21)25)16-10-12-19(13-11-16)32-18-8-4-3-5-9-18/h2-5,8-13,17H,1,6-7,14-15H2,(H,26,31)(H3,25,27,28)/t17-/m1/s1. The quantitative estimate of drug-likeness (QED) is 0.518. The second-order valence-electron chi connectivity index (χ2n) is 7.60. The van der Waals surface area contributed by atoms with Gasteiger partial charge in [0.1, 0.15) is 28.6 Å².